The molecule has 1 saturated heterocycles. The Labute approximate surface area is 169 Å². The van der Waals surface area contributed by atoms with Crippen LogP contribution in [0.15, 0.2) is 47.5 Å². The molecule has 0 bridgehead atoms. The Morgan fingerprint density at radius 3 is 2.75 bits per heavy atom. The fraction of sp³-hybridized carbons (Fsp3) is 0.333. The molecule has 1 atom stereocenters. The lowest BCUT2D eigenvalue weighted by Crippen LogP contribution is -2.14. The molecule has 1 fully saturated rings. The second-order valence-electron chi connectivity index (χ2n) is 7.27. The van der Waals surface area contributed by atoms with Gasteiger partial charge in [-0.1, -0.05) is 36.0 Å². The lowest BCUT2D eigenvalue weighted by atomic mass is 10.2. The third kappa shape index (κ3) is 3.73. The second-order valence-corrected chi connectivity index (χ2v) is 10.5. The van der Waals surface area contributed by atoms with Gasteiger partial charge in [-0.05, 0) is 38.5 Å². The molecule has 0 N–H and O–H groups in total. The van der Waals surface area contributed by atoms with Crippen LogP contribution in [0.3, 0.4) is 0 Å². The van der Waals surface area contributed by atoms with E-state index in [1.807, 2.05) is 60.9 Å². The first-order chi connectivity index (χ1) is 13.3. The molecule has 28 heavy (non-hydrogen) atoms. The third-order valence-electron chi connectivity index (χ3n) is 5.28. The molecule has 1 unspecified atom stereocenters. The van der Waals surface area contributed by atoms with E-state index in [9.17, 15) is 13.2 Å². The zero-order chi connectivity index (χ0) is 19.9. The van der Waals surface area contributed by atoms with Crippen LogP contribution in [0.2, 0.25) is 0 Å². The van der Waals surface area contributed by atoms with Gasteiger partial charge < -0.3 is 4.57 Å². The largest absolute Gasteiger partial charge is 0.344 e. The highest BCUT2D eigenvalue weighted by molar-refractivity contribution is 7.99. The lowest BCUT2D eigenvalue weighted by molar-refractivity contribution is 0.102. The van der Waals surface area contributed by atoms with Crippen LogP contribution in [0, 0.1) is 13.8 Å². The fourth-order valence-electron chi connectivity index (χ4n) is 3.95. The molecule has 3 heterocycles. The fourth-order valence-corrected chi connectivity index (χ4v) is 6.41. The van der Waals surface area contributed by atoms with Gasteiger partial charge in [0, 0.05) is 28.4 Å². The number of carbonyl (C=O) groups excluding carboxylic acids is 1. The van der Waals surface area contributed by atoms with E-state index >= 15 is 0 Å². The molecule has 7 heteroatoms. The topological polar surface area (TPSA) is 69.0 Å². The number of rotatable bonds is 5. The summed E-state index contributed by atoms with van der Waals surface area (Å²) in [6.07, 6.45) is 0.613. The smallest absolute Gasteiger partial charge is 0.174 e. The van der Waals surface area contributed by atoms with Gasteiger partial charge >= 0.3 is 0 Å². The SMILES string of the molecule is Cc1cc(C(=O)CSc2ccc3ccccc3n2)c(C)n1C1CCS(=O)(=O)C1. The standard InChI is InChI=1S/C21H22N2O3S2/c1-14-11-18(15(2)23(14)17-9-10-28(25,26)13-17)20(24)12-27-21-8-7-16-5-3-4-6-19(16)22-21/h3-8,11,17H,9-10,12-13H2,1-2H3. The highest BCUT2D eigenvalue weighted by Gasteiger charge is 2.31. The van der Waals surface area contributed by atoms with Crippen molar-refractivity contribution in [2.75, 3.05) is 17.3 Å². The normalized spacial score (nSPS) is 18.6. The monoisotopic (exact) mass is 414 g/mol. The molecule has 3 aromatic rings. The summed E-state index contributed by atoms with van der Waals surface area (Å²) in [4.78, 5) is 17.4. The number of pyridine rings is 1. The molecular formula is C21H22N2O3S2. The Kier molecular flexibility index (Phi) is 5.05. The summed E-state index contributed by atoms with van der Waals surface area (Å²) in [6, 6.07) is 13.7. The van der Waals surface area contributed by atoms with Crippen LogP contribution in [0.25, 0.3) is 10.9 Å². The van der Waals surface area contributed by atoms with Crippen LogP contribution in [0.5, 0.6) is 0 Å². The van der Waals surface area contributed by atoms with Gasteiger partial charge in [-0.2, -0.15) is 0 Å². The van der Waals surface area contributed by atoms with E-state index in [1.54, 1.807) is 0 Å². The average Bonchev–Trinajstić information content (AvgIpc) is 3.17. The number of carbonyl (C=O) groups is 1. The van der Waals surface area contributed by atoms with Crippen molar-refractivity contribution in [3.05, 3.63) is 59.4 Å². The predicted octanol–water partition coefficient (Wildman–Crippen LogP) is 3.99. The van der Waals surface area contributed by atoms with Gasteiger partial charge in [0.05, 0.1) is 27.8 Å². The maximum Gasteiger partial charge on any atom is 0.174 e. The Balaban J connectivity index is 1.51. The summed E-state index contributed by atoms with van der Waals surface area (Å²) < 4.78 is 25.7. The van der Waals surface area contributed by atoms with E-state index in [1.165, 1.54) is 11.8 Å². The number of thioether (sulfide) groups is 1. The summed E-state index contributed by atoms with van der Waals surface area (Å²) in [5.41, 5.74) is 3.39. The molecule has 146 valence electrons. The minimum Gasteiger partial charge on any atom is -0.344 e. The number of aromatic nitrogens is 2. The van der Waals surface area contributed by atoms with Gasteiger partial charge in [-0.15, -0.1) is 0 Å². The number of ketones is 1. The van der Waals surface area contributed by atoms with Crippen LogP contribution in [0.1, 0.15) is 34.2 Å². The predicted molar refractivity (Wildman–Crippen MR) is 113 cm³/mol. The minimum absolute atomic E-state index is 0.0418. The summed E-state index contributed by atoms with van der Waals surface area (Å²) in [6.45, 7) is 3.84. The van der Waals surface area contributed by atoms with Crippen molar-refractivity contribution in [1.29, 1.82) is 0 Å². The molecule has 5 nitrogen and oxygen atoms in total. The maximum atomic E-state index is 12.8. The van der Waals surface area contributed by atoms with Crippen molar-refractivity contribution >= 4 is 38.3 Å². The molecule has 0 aliphatic carbocycles. The number of Topliss-reactive ketones (excluding diaryl/α,β-unsaturated/α-hetero) is 1. The number of para-hydroxylation sites is 1. The minimum atomic E-state index is -2.97. The number of aryl methyl sites for hydroxylation is 1. The van der Waals surface area contributed by atoms with Crippen molar-refractivity contribution in [2.45, 2.75) is 31.3 Å². The summed E-state index contributed by atoms with van der Waals surface area (Å²) >= 11 is 1.43. The van der Waals surface area contributed by atoms with Crippen LogP contribution >= 0.6 is 11.8 Å². The Bertz CT molecular complexity index is 1170. The summed E-state index contributed by atoms with van der Waals surface area (Å²) in [5, 5.41) is 1.90. The second kappa shape index (κ2) is 7.37. The highest BCUT2D eigenvalue weighted by Crippen LogP contribution is 2.30. The zero-order valence-electron chi connectivity index (χ0n) is 15.9. The number of hydrogen-bond acceptors (Lipinski definition) is 5. The van der Waals surface area contributed by atoms with E-state index < -0.39 is 9.84 Å². The first kappa shape index (κ1) is 19.2. The average molecular weight is 415 g/mol. The van der Waals surface area contributed by atoms with Crippen LogP contribution in [-0.2, 0) is 9.84 Å². The van der Waals surface area contributed by atoms with Crippen LogP contribution in [-0.4, -0.2) is 41.0 Å². The third-order valence-corrected chi connectivity index (χ3v) is 7.96. The molecule has 4 rings (SSSR count). The Hall–Kier alpha value is -2.12. The quantitative estimate of drug-likeness (QED) is 0.466. The van der Waals surface area contributed by atoms with Gasteiger partial charge in [-0.3, -0.25) is 4.79 Å². The summed E-state index contributed by atoms with van der Waals surface area (Å²) in [7, 11) is -2.97. The molecule has 0 spiro atoms. The molecule has 2 aromatic heterocycles. The first-order valence-corrected chi connectivity index (χ1v) is 12.1. The van der Waals surface area contributed by atoms with E-state index in [4.69, 9.17) is 0 Å². The van der Waals surface area contributed by atoms with Gasteiger partial charge in [-0.25, -0.2) is 13.4 Å². The van der Waals surface area contributed by atoms with Crippen molar-refractivity contribution in [3.63, 3.8) is 0 Å². The summed E-state index contributed by atoms with van der Waals surface area (Å²) in [5.74, 6) is 0.729. The molecule has 1 aromatic carbocycles. The van der Waals surface area contributed by atoms with E-state index in [0.29, 0.717) is 17.7 Å². The van der Waals surface area contributed by atoms with Gasteiger partial charge in [0.25, 0.3) is 0 Å². The first-order valence-electron chi connectivity index (χ1n) is 9.25. The molecule has 0 radical (unpaired) electrons. The molecule has 1 aliphatic rings. The Morgan fingerprint density at radius 2 is 2.00 bits per heavy atom. The number of fused-ring (bicyclic) bond motifs is 1. The van der Waals surface area contributed by atoms with Gasteiger partial charge in [0.15, 0.2) is 15.6 Å². The molecule has 0 amide bonds. The zero-order valence-corrected chi connectivity index (χ0v) is 17.5. The van der Waals surface area contributed by atoms with Crippen molar-refractivity contribution in [1.82, 2.24) is 9.55 Å². The van der Waals surface area contributed by atoms with Crippen molar-refractivity contribution in [3.8, 4) is 0 Å². The highest BCUT2D eigenvalue weighted by atomic mass is 32.2. The number of hydrogen-bond donors (Lipinski definition) is 0. The van der Waals surface area contributed by atoms with E-state index in [2.05, 4.69) is 4.98 Å². The Morgan fingerprint density at radius 1 is 1.21 bits per heavy atom. The van der Waals surface area contributed by atoms with Gasteiger partial charge in [0.2, 0.25) is 0 Å². The lowest BCUT2D eigenvalue weighted by Gasteiger charge is -2.16. The van der Waals surface area contributed by atoms with Crippen molar-refractivity contribution < 1.29 is 13.2 Å². The maximum absolute atomic E-state index is 12.8. The number of sulfone groups is 1. The van der Waals surface area contributed by atoms with Crippen LogP contribution < -0.4 is 0 Å². The number of benzene rings is 1. The molecular weight excluding hydrogens is 392 g/mol. The van der Waals surface area contributed by atoms with Crippen LogP contribution in [0.4, 0.5) is 0 Å². The van der Waals surface area contributed by atoms with Gasteiger partial charge in [0.1, 0.15) is 0 Å². The van der Waals surface area contributed by atoms with E-state index in [-0.39, 0.29) is 23.3 Å². The van der Waals surface area contributed by atoms with Crippen molar-refractivity contribution in [2.24, 2.45) is 0 Å². The molecule has 1 aliphatic heterocycles. The molecule has 0 saturated carbocycles. The number of nitrogens with zero attached hydrogens (tertiary/aromatic N) is 2. The van der Waals surface area contributed by atoms with E-state index in [0.717, 1.165) is 27.3 Å².